The quantitative estimate of drug-likeness (QED) is 0.186. The molecule has 146 valence electrons. The highest BCUT2D eigenvalue weighted by Gasteiger charge is 2.15. The molecule has 3 N–H and O–H groups in total. The van der Waals surface area contributed by atoms with Crippen molar-refractivity contribution < 1.29 is 29.7 Å². The molecule has 9 heteroatoms. The van der Waals surface area contributed by atoms with Crippen LogP contribution in [-0.2, 0) is 16.1 Å². The first-order chi connectivity index (χ1) is 12.1. The Kier molecular flexibility index (Phi) is 8.27. The topological polar surface area (TPSA) is 131 Å². The summed E-state index contributed by atoms with van der Waals surface area (Å²) in [6.07, 6.45) is -0.279. The summed E-state index contributed by atoms with van der Waals surface area (Å²) in [6.45, 7) is 6.18. The molecule has 0 saturated heterocycles. The molecule has 1 aromatic carbocycles. The molecular formula is C17H26N2O7. The first kappa shape index (κ1) is 21.7. The molecular weight excluding hydrogens is 344 g/mol. The highest BCUT2D eigenvalue weighted by atomic mass is 16.9. The van der Waals surface area contributed by atoms with E-state index in [2.05, 4.69) is 10.2 Å². The zero-order chi connectivity index (χ0) is 19.7. The van der Waals surface area contributed by atoms with Crippen LogP contribution in [0.25, 0.3) is 0 Å². The van der Waals surface area contributed by atoms with E-state index < -0.39 is 17.2 Å². The maximum atomic E-state index is 11.7. The molecule has 1 unspecified atom stereocenters. The lowest BCUT2D eigenvalue weighted by Crippen LogP contribution is -2.41. The maximum Gasteiger partial charge on any atom is 0.311 e. The van der Waals surface area contributed by atoms with Crippen LogP contribution in [0, 0.1) is 10.1 Å². The van der Waals surface area contributed by atoms with Gasteiger partial charge in [0, 0.05) is 18.5 Å². The van der Waals surface area contributed by atoms with E-state index in [4.69, 9.17) is 4.74 Å². The number of phenolic OH excluding ortho intramolecular Hbond substituents is 1. The van der Waals surface area contributed by atoms with Gasteiger partial charge < -0.3 is 25.1 Å². The van der Waals surface area contributed by atoms with Gasteiger partial charge in [0.2, 0.25) is 0 Å². The number of hydrogen-bond acceptors (Lipinski definition) is 8. The van der Waals surface area contributed by atoms with E-state index in [0.29, 0.717) is 18.5 Å². The van der Waals surface area contributed by atoms with Gasteiger partial charge in [0.05, 0.1) is 12.7 Å². The summed E-state index contributed by atoms with van der Waals surface area (Å²) in [5.74, 6) is -0.857. The van der Waals surface area contributed by atoms with E-state index in [0.717, 1.165) is 0 Å². The molecule has 1 rings (SSSR count). The lowest BCUT2D eigenvalue weighted by Gasteiger charge is -2.23. The molecule has 0 aliphatic heterocycles. The molecule has 0 bridgehead atoms. The second-order valence-corrected chi connectivity index (χ2v) is 6.93. The van der Waals surface area contributed by atoms with Crippen molar-refractivity contribution in [1.29, 1.82) is 0 Å². The van der Waals surface area contributed by atoms with Crippen LogP contribution in [-0.4, -0.2) is 46.1 Å². The molecule has 0 fully saturated rings. The minimum Gasteiger partial charge on any atom is -0.504 e. The lowest BCUT2D eigenvalue weighted by molar-refractivity contribution is -0.757. The minimum atomic E-state index is -0.930. The Hall–Kier alpha value is -2.39. The maximum absolute atomic E-state index is 11.7. The summed E-state index contributed by atoms with van der Waals surface area (Å²) < 4.78 is 5.08. The van der Waals surface area contributed by atoms with Gasteiger partial charge in [0.25, 0.3) is 5.09 Å². The smallest absolute Gasteiger partial charge is 0.311 e. The second-order valence-electron chi connectivity index (χ2n) is 6.93. The van der Waals surface area contributed by atoms with Crippen molar-refractivity contribution in [2.45, 2.75) is 51.7 Å². The van der Waals surface area contributed by atoms with Gasteiger partial charge in [-0.2, -0.15) is 0 Å². The fourth-order valence-electron chi connectivity index (χ4n) is 2.06. The van der Waals surface area contributed by atoms with E-state index in [9.17, 15) is 25.1 Å². The minimum absolute atomic E-state index is 0.0151. The number of carbonyl (C=O) groups is 1. The average Bonchev–Trinajstić information content (AvgIpc) is 2.52. The molecule has 0 amide bonds. The van der Waals surface area contributed by atoms with Gasteiger partial charge in [0.1, 0.15) is 0 Å². The van der Waals surface area contributed by atoms with Crippen molar-refractivity contribution in [3.63, 3.8) is 0 Å². The number of aliphatic hydroxyl groups excluding tert-OH is 1. The van der Waals surface area contributed by atoms with Crippen molar-refractivity contribution in [3.05, 3.63) is 33.9 Å². The number of aliphatic hydroxyl groups is 1. The molecule has 9 nitrogen and oxygen atoms in total. The normalized spacial score (nSPS) is 12.5. The second kappa shape index (κ2) is 9.93. The summed E-state index contributed by atoms with van der Waals surface area (Å²) in [5, 5.41) is 32.2. The van der Waals surface area contributed by atoms with Crippen LogP contribution in [0.2, 0.25) is 0 Å². The van der Waals surface area contributed by atoms with E-state index in [-0.39, 0.29) is 36.5 Å². The number of benzene rings is 1. The Labute approximate surface area is 152 Å². The number of β-amino-alcohol motifs (C(OH)–C–C–N with tert-alkyl or cyclic N) is 1. The van der Waals surface area contributed by atoms with Crippen molar-refractivity contribution in [3.8, 4) is 11.5 Å². The van der Waals surface area contributed by atoms with Gasteiger partial charge >= 0.3 is 5.97 Å². The monoisotopic (exact) mass is 370 g/mol. The zero-order valence-corrected chi connectivity index (χ0v) is 15.2. The van der Waals surface area contributed by atoms with Crippen LogP contribution in [0.1, 0.15) is 39.2 Å². The summed E-state index contributed by atoms with van der Waals surface area (Å²) >= 11 is 0. The number of carbonyl (C=O) groups excluding carboxylic acids is 1. The highest BCUT2D eigenvalue weighted by molar-refractivity contribution is 5.73. The molecule has 0 radical (unpaired) electrons. The molecule has 0 spiro atoms. The number of rotatable bonds is 10. The van der Waals surface area contributed by atoms with Gasteiger partial charge in [-0.05, 0) is 51.3 Å². The summed E-state index contributed by atoms with van der Waals surface area (Å²) in [6, 6.07) is 4.51. The van der Waals surface area contributed by atoms with Gasteiger partial charge in [-0.15, -0.1) is 10.1 Å². The first-order valence-electron chi connectivity index (χ1n) is 8.30. The number of esters is 1. The number of nitrogens with zero attached hydrogens (tertiary/aromatic N) is 1. The first-order valence-corrected chi connectivity index (χ1v) is 8.30. The Morgan fingerprint density at radius 2 is 2.08 bits per heavy atom. The molecule has 0 aliphatic carbocycles. The predicted molar refractivity (Wildman–Crippen MR) is 93.4 cm³/mol. The fraction of sp³-hybridized carbons (Fsp3) is 0.588. The van der Waals surface area contributed by atoms with Gasteiger partial charge in [-0.1, -0.05) is 6.07 Å². The van der Waals surface area contributed by atoms with Crippen LogP contribution >= 0.6 is 0 Å². The van der Waals surface area contributed by atoms with Crippen LogP contribution in [0.15, 0.2) is 18.2 Å². The van der Waals surface area contributed by atoms with Crippen molar-refractivity contribution in [2.75, 3.05) is 13.2 Å². The Balaban J connectivity index is 2.55. The number of phenols is 1. The molecule has 0 saturated carbocycles. The number of ether oxygens (including phenoxy) is 1. The Morgan fingerprint density at radius 1 is 1.38 bits per heavy atom. The SMILES string of the molecule is CC(C)(C)NCC(O)Cc1ccc(O)c(OC(=O)CCCO[N+](=O)[O-])c1. The Bertz CT molecular complexity index is 614. The third-order valence-electron chi connectivity index (χ3n) is 3.31. The van der Waals surface area contributed by atoms with Gasteiger partial charge in [-0.3, -0.25) is 4.79 Å². The molecule has 0 aliphatic rings. The van der Waals surface area contributed by atoms with Crippen molar-refractivity contribution in [2.24, 2.45) is 0 Å². The predicted octanol–water partition coefficient (Wildman–Crippen LogP) is 1.58. The standard InChI is InChI=1S/C17H26N2O7/c1-17(2,3)18-11-13(20)9-12-6-7-14(21)15(10-12)26-16(22)5-4-8-25-19(23)24/h6-7,10,13,18,20-21H,4-5,8-9,11H2,1-3H3. The number of nitrogens with one attached hydrogen (secondary N) is 1. The number of hydrogen-bond donors (Lipinski definition) is 3. The lowest BCUT2D eigenvalue weighted by atomic mass is 10.0. The number of aromatic hydroxyl groups is 1. The van der Waals surface area contributed by atoms with Gasteiger partial charge in [0.15, 0.2) is 11.5 Å². The molecule has 1 atom stereocenters. The van der Waals surface area contributed by atoms with Crippen LogP contribution < -0.4 is 10.1 Å². The molecule has 26 heavy (non-hydrogen) atoms. The highest BCUT2D eigenvalue weighted by Crippen LogP contribution is 2.28. The Morgan fingerprint density at radius 3 is 2.69 bits per heavy atom. The fourth-order valence-corrected chi connectivity index (χ4v) is 2.06. The van der Waals surface area contributed by atoms with Crippen LogP contribution in [0.3, 0.4) is 0 Å². The van der Waals surface area contributed by atoms with E-state index in [1.807, 2.05) is 20.8 Å². The van der Waals surface area contributed by atoms with Gasteiger partial charge in [-0.25, -0.2) is 0 Å². The third kappa shape index (κ3) is 9.19. The van der Waals surface area contributed by atoms with Crippen molar-refractivity contribution >= 4 is 5.97 Å². The molecule has 1 aromatic rings. The van der Waals surface area contributed by atoms with Crippen LogP contribution in [0.5, 0.6) is 11.5 Å². The third-order valence-corrected chi connectivity index (χ3v) is 3.31. The largest absolute Gasteiger partial charge is 0.504 e. The summed E-state index contributed by atoms with van der Waals surface area (Å²) in [5.41, 5.74) is 0.584. The summed E-state index contributed by atoms with van der Waals surface area (Å²) in [4.78, 5) is 25.9. The molecule has 0 aromatic heterocycles. The zero-order valence-electron chi connectivity index (χ0n) is 15.2. The van der Waals surface area contributed by atoms with Crippen LogP contribution in [0.4, 0.5) is 0 Å². The van der Waals surface area contributed by atoms with Crippen molar-refractivity contribution in [1.82, 2.24) is 5.32 Å². The molecule has 0 heterocycles. The summed E-state index contributed by atoms with van der Waals surface area (Å²) in [7, 11) is 0. The van der Waals surface area contributed by atoms with E-state index in [1.54, 1.807) is 6.07 Å². The van der Waals surface area contributed by atoms with E-state index >= 15 is 0 Å². The average molecular weight is 370 g/mol. The van der Waals surface area contributed by atoms with E-state index in [1.165, 1.54) is 12.1 Å².